The van der Waals surface area contributed by atoms with Gasteiger partial charge in [-0.05, 0) is 71.6 Å². The highest BCUT2D eigenvalue weighted by atomic mass is 32.1. The fourth-order valence-electron chi connectivity index (χ4n) is 4.21. The number of para-hydroxylation sites is 2. The lowest BCUT2D eigenvalue weighted by Crippen LogP contribution is -2.46. The number of carboxylic acids is 2. The minimum atomic E-state index is -1.82. The minimum absolute atomic E-state index is 0.0147. The third-order valence-corrected chi connectivity index (χ3v) is 6.97. The van der Waals surface area contributed by atoms with Crippen molar-refractivity contribution in [1.29, 1.82) is 0 Å². The Morgan fingerprint density at radius 2 is 1.60 bits per heavy atom. The van der Waals surface area contributed by atoms with Gasteiger partial charge in [0.1, 0.15) is 19.0 Å². The van der Waals surface area contributed by atoms with Crippen LogP contribution >= 0.6 is 11.3 Å². The van der Waals surface area contributed by atoms with Gasteiger partial charge in [0.05, 0.1) is 5.69 Å². The van der Waals surface area contributed by atoms with Crippen LogP contribution in [0.3, 0.4) is 0 Å². The normalized spacial score (nSPS) is 13.2. The van der Waals surface area contributed by atoms with Gasteiger partial charge in [0.25, 0.3) is 5.91 Å². The summed E-state index contributed by atoms with van der Waals surface area (Å²) in [6, 6.07) is 17.7. The number of hydrogen-bond donors (Lipinski definition) is 3. The van der Waals surface area contributed by atoms with Crippen molar-refractivity contribution in [3.8, 4) is 16.9 Å². The zero-order chi connectivity index (χ0) is 28.7. The van der Waals surface area contributed by atoms with E-state index >= 15 is 0 Å². The third kappa shape index (κ3) is 9.65. The Morgan fingerprint density at radius 3 is 2.23 bits per heavy atom. The molecule has 0 unspecified atom stereocenters. The summed E-state index contributed by atoms with van der Waals surface area (Å²) in [7, 11) is 0. The molecule has 1 aliphatic rings. The van der Waals surface area contributed by atoms with Gasteiger partial charge in [-0.1, -0.05) is 24.3 Å². The molecule has 0 atom stereocenters. The van der Waals surface area contributed by atoms with Crippen LogP contribution in [-0.2, 0) is 9.59 Å². The maximum atomic E-state index is 12.5. The number of ether oxygens (including phenoxy) is 1. The first-order valence-corrected chi connectivity index (χ1v) is 14.0. The molecule has 0 radical (unpaired) electrons. The Morgan fingerprint density at radius 1 is 0.900 bits per heavy atom. The lowest BCUT2D eigenvalue weighted by molar-refractivity contribution is -0.159. The van der Waals surface area contributed by atoms with Crippen molar-refractivity contribution in [2.45, 2.75) is 12.8 Å². The lowest BCUT2D eigenvalue weighted by atomic mass is 10.1. The van der Waals surface area contributed by atoms with Gasteiger partial charge in [0.2, 0.25) is 0 Å². The highest BCUT2D eigenvalue weighted by Gasteiger charge is 2.19. The van der Waals surface area contributed by atoms with E-state index in [4.69, 9.17) is 24.5 Å². The molecule has 214 valence electrons. The number of carbonyl (C=O) groups is 3. The number of benzene rings is 2. The molecule has 40 heavy (non-hydrogen) atoms. The molecule has 11 heteroatoms. The largest absolute Gasteiger partial charge is 0.489 e. The summed E-state index contributed by atoms with van der Waals surface area (Å²) in [6.07, 6.45) is 2.01. The topological polar surface area (TPSA) is 119 Å². The smallest absolute Gasteiger partial charge is 0.414 e. The fourth-order valence-corrected chi connectivity index (χ4v) is 4.87. The van der Waals surface area contributed by atoms with Crippen molar-refractivity contribution in [3.05, 3.63) is 70.9 Å². The molecule has 0 bridgehead atoms. The SMILES string of the molecule is O=C(NCCCCN1CCN(c2ccccc2OCCF)CC1)c1ccc(-c2ccsc2)cc1.O=C(O)C(=O)O. The number of nitrogens with one attached hydrogen (secondary N) is 1. The van der Waals surface area contributed by atoms with Crippen LogP contribution in [0.1, 0.15) is 23.2 Å². The maximum Gasteiger partial charge on any atom is 0.414 e. The minimum Gasteiger partial charge on any atom is -0.489 e. The van der Waals surface area contributed by atoms with Crippen LogP contribution in [0.4, 0.5) is 10.1 Å². The number of unbranched alkanes of at least 4 members (excludes halogenated alkanes) is 1. The average Bonchev–Trinajstić information content (AvgIpc) is 3.52. The Kier molecular flexibility index (Phi) is 12.4. The Balaban J connectivity index is 0.000000663. The van der Waals surface area contributed by atoms with E-state index in [1.165, 1.54) is 5.56 Å². The van der Waals surface area contributed by atoms with Crippen molar-refractivity contribution in [2.75, 3.05) is 57.4 Å². The lowest BCUT2D eigenvalue weighted by Gasteiger charge is -2.36. The van der Waals surface area contributed by atoms with Crippen LogP contribution in [0.15, 0.2) is 65.4 Å². The van der Waals surface area contributed by atoms with Crippen molar-refractivity contribution in [2.24, 2.45) is 0 Å². The predicted octanol–water partition coefficient (Wildman–Crippen LogP) is 4.25. The van der Waals surface area contributed by atoms with Crippen LogP contribution in [0.25, 0.3) is 11.1 Å². The number of piperazine rings is 1. The number of rotatable bonds is 11. The van der Waals surface area contributed by atoms with E-state index in [1.54, 1.807) is 11.3 Å². The fraction of sp³-hybridized carbons (Fsp3) is 0.345. The Bertz CT molecular complexity index is 1200. The first kappa shape index (κ1) is 30.6. The van der Waals surface area contributed by atoms with E-state index in [0.717, 1.165) is 62.6 Å². The first-order valence-electron chi connectivity index (χ1n) is 13.0. The summed E-state index contributed by atoms with van der Waals surface area (Å²) < 4.78 is 18.1. The van der Waals surface area contributed by atoms with Crippen LogP contribution in [-0.4, -0.2) is 85.5 Å². The van der Waals surface area contributed by atoms with E-state index in [0.29, 0.717) is 12.1 Å². The molecule has 3 aromatic rings. The maximum absolute atomic E-state index is 12.5. The molecule has 0 spiro atoms. The van der Waals surface area contributed by atoms with E-state index in [2.05, 4.69) is 31.9 Å². The van der Waals surface area contributed by atoms with Crippen LogP contribution in [0.2, 0.25) is 0 Å². The summed E-state index contributed by atoms with van der Waals surface area (Å²) in [4.78, 5) is 35.4. The van der Waals surface area contributed by atoms with E-state index < -0.39 is 18.6 Å². The van der Waals surface area contributed by atoms with Gasteiger partial charge in [-0.25, -0.2) is 14.0 Å². The molecule has 0 aliphatic carbocycles. The zero-order valence-corrected chi connectivity index (χ0v) is 22.9. The molecule has 0 saturated carbocycles. The number of nitrogens with zero attached hydrogens (tertiary/aromatic N) is 2. The van der Waals surface area contributed by atoms with Gasteiger partial charge >= 0.3 is 11.9 Å². The van der Waals surface area contributed by atoms with Gasteiger partial charge < -0.3 is 25.2 Å². The number of amides is 1. The standard InChI is InChI=1S/C27H32FN3O2S.C2H2O4/c28-12-19-33-26-6-2-1-5-25(26)31-17-15-30(16-18-31)14-4-3-13-29-27(32)23-9-7-22(8-10-23)24-11-20-34-21-24;3-1(4)2(5)6/h1-2,5-11,20-21H,3-4,12-19H2,(H,29,32);(H,3,4)(H,5,6). The Labute approximate surface area is 236 Å². The molecule has 1 aromatic heterocycles. The van der Waals surface area contributed by atoms with Gasteiger partial charge in [-0.15, -0.1) is 0 Å². The number of hydrogen-bond acceptors (Lipinski definition) is 7. The second kappa shape index (κ2) is 16.2. The zero-order valence-electron chi connectivity index (χ0n) is 22.1. The highest BCUT2D eigenvalue weighted by molar-refractivity contribution is 7.08. The number of thiophene rings is 1. The first-order chi connectivity index (χ1) is 19.4. The van der Waals surface area contributed by atoms with Crippen molar-refractivity contribution in [3.63, 3.8) is 0 Å². The van der Waals surface area contributed by atoms with Gasteiger partial charge in [-0.2, -0.15) is 11.3 Å². The quantitative estimate of drug-likeness (QED) is 0.231. The van der Waals surface area contributed by atoms with E-state index in [9.17, 15) is 9.18 Å². The van der Waals surface area contributed by atoms with Crippen molar-refractivity contribution < 1.29 is 33.7 Å². The van der Waals surface area contributed by atoms with Crippen LogP contribution < -0.4 is 15.0 Å². The number of halogens is 1. The second-order valence-electron chi connectivity index (χ2n) is 9.00. The molecule has 9 nitrogen and oxygen atoms in total. The third-order valence-electron chi connectivity index (χ3n) is 6.28. The summed E-state index contributed by atoms with van der Waals surface area (Å²) in [6.45, 7) is 5.14. The van der Waals surface area contributed by atoms with Crippen LogP contribution in [0, 0.1) is 0 Å². The number of carbonyl (C=O) groups excluding carboxylic acids is 1. The molecule has 3 N–H and O–H groups in total. The predicted molar refractivity (Wildman–Crippen MR) is 153 cm³/mol. The second-order valence-corrected chi connectivity index (χ2v) is 9.78. The average molecular weight is 572 g/mol. The number of alkyl halides is 1. The summed E-state index contributed by atoms with van der Waals surface area (Å²) >= 11 is 1.67. The molecule has 1 aliphatic heterocycles. The molecule has 4 rings (SSSR count). The molecule has 2 heterocycles. The molecular formula is C29H34FN3O6S. The Hall–Kier alpha value is -3.96. The van der Waals surface area contributed by atoms with Crippen molar-refractivity contribution >= 4 is 34.9 Å². The number of anilines is 1. The van der Waals surface area contributed by atoms with Gasteiger partial charge in [0.15, 0.2) is 0 Å². The number of carboxylic acid groups (broad SMARTS) is 2. The van der Waals surface area contributed by atoms with Gasteiger partial charge in [0, 0.05) is 38.3 Å². The van der Waals surface area contributed by atoms with Crippen LogP contribution in [0.5, 0.6) is 5.75 Å². The highest BCUT2D eigenvalue weighted by Crippen LogP contribution is 2.29. The summed E-state index contributed by atoms with van der Waals surface area (Å²) in [5.74, 6) is -2.91. The van der Waals surface area contributed by atoms with E-state index in [1.807, 2.05) is 48.5 Å². The summed E-state index contributed by atoms with van der Waals surface area (Å²) in [5.41, 5.74) is 4.06. The molecular weight excluding hydrogens is 537 g/mol. The molecule has 2 aromatic carbocycles. The summed E-state index contributed by atoms with van der Waals surface area (Å²) in [5, 5.41) is 22.0. The van der Waals surface area contributed by atoms with Crippen molar-refractivity contribution in [1.82, 2.24) is 10.2 Å². The number of aliphatic carboxylic acids is 2. The van der Waals surface area contributed by atoms with Gasteiger partial charge in [-0.3, -0.25) is 9.69 Å². The van der Waals surface area contributed by atoms with E-state index in [-0.39, 0.29) is 12.5 Å². The monoisotopic (exact) mass is 571 g/mol. The molecule has 1 fully saturated rings. The molecule has 1 amide bonds. The molecule has 1 saturated heterocycles.